The van der Waals surface area contributed by atoms with Gasteiger partial charge in [-0.15, -0.1) is 0 Å². The van der Waals surface area contributed by atoms with Crippen LogP contribution in [0.3, 0.4) is 0 Å². The summed E-state index contributed by atoms with van der Waals surface area (Å²) in [7, 11) is -0.391. The summed E-state index contributed by atoms with van der Waals surface area (Å²) in [5.41, 5.74) is 4.98. The molecule has 3 saturated carbocycles. The molecule has 7 rings (SSSR count). The number of amidine groups is 1. The third-order valence-corrected chi connectivity index (χ3v) is 15.9. The lowest BCUT2D eigenvalue weighted by Gasteiger charge is -2.40. The van der Waals surface area contributed by atoms with E-state index >= 15 is 4.79 Å². The highest BCUT2D eigenvalue weighted by Crippen LogP contribution is 2.56. The molecule has 0 unspecified atom stereocenters. The number of amides is 1. The second-order valence-corrected chi connectivity index (χ2v) is 18.9. The predicted molar refractivity (Wildman–Crippen MR) is 210 cm³/mol. The van der Waals surface area contributed by atoms with E-state index in [4.69, 9.17) is 9.73 Å². The number of ether oxygens (including phenoxy) is 1. The Bertz CT molecular complexity index is 1540. The van der Waals surface area contributed by atoms with Gasteiger partial charge in [0.1, 0.15) is 18.5 Å². The van der Waals surface area contributed by atoms with Crippen LogP contribution < -0.4 is 5.30 Å². The molecule has 0 saturated heterocycles. The fraction of sp³-hybridized carbons (Fsp3) is 0.556. The van der Waals surface area contributed by atoms with Crippen molar-refractivity contribution in [2.75, 3.05) is 6.61 Å². The highest BCUT2D eigenvalue weighted by Gasteiger charge is 2.44. The van der Waals surface area contributed by atoms with Crippen LogP contribution in [0, 0.1) is 17.8 Å². The van der Waals surface area contributed by atoms with Gasteiger partial charge in [-0.25, -0.2) is 0 Å². The molecule has 266 valence electrons. The van der Waals surface area contributed by atoms with E-state index in [1.807, 2.05) is 0 Å². The van der Waals surface area contributed by atoms with Gasteiger partial charge in [-0.2, -0.15) is 0 Å². The molecule has 50 heavy (non-hydrogen) atoms. The summed E-state index contributed by atoms with van der Waals surface area (Å²) in [6.45, 7) is 7.05. The number of rotatable bonds is 10. The predicted octanol–water partition coefficient (Wildman–Crippen LogP) is 11.0. The smallest absolute Gasteiger partial charge is 0.254 e. The van der Waals surface area contributed by atoms with Crippen molar-refractivity contribution < 1.29 is 9.53 Å². The van der Waals surface area contributed by atoms with Crippen molar-refractivity contribution in [3.05, 3.63) is 102 Å². The minimum absolute atomic E-state index is 0.0335. The van der Waals surface area contributed by atoms with Gasteiger partial charge in [0.25, 0.3) is 5.91 Å². The van der Waals surface area contributed by atoms with Gasteiger partial charge in [0.15, 0.2) is 0 Å². The molecule has 1 amide bonds. The molecule has 1 aliphatic heterocycles. The second kappa shape index (κ2) is 16.7. The Hall–Kier alpha value is -2.81. The highest BCUT2D eigenvalue weighted by molar-refractivity contribution is 7.67. The van der Waals surface area contributed by atoms with Crippen molar-refractivity contribution in [3.63, 3.8) is 0 Å². The Kier molecular flexibility index (Phi) is 11.9. The van der Waals surface area contributed by atoms with Crippen LogP contribution in [-0.2, 0) is 9.53 Å². The maximum absolute atomic E-state index is 15.0. The first-order valence-corrected chi connectivity index (χ1v) is 21.5. The first-order valence-electron chi connectivity index (χ1n) is 20.0. The van der Waals surface area contributed by atoms with Crippen LogP contribution in [0.1, 0.15) is 133 Å². The summed E-state index contributed by atoms with van der Waals surface area (Å²) in [6, 6.07) is 30.0. The Morgan fingerprint density at radius 2 is 1.34 bits per heavy atom. The van der Waals surface area contributed by atoms with E-state index in [1.54, 1.807) is 0 Å². The number of hydrogen-bond acceptors (Lipinski definition) is 3. The Morgan fingerprint density at radius 1 is 0.760 bits per heavy atom. The van der Waals surface area contributed by atoms with Crippen LogP contribution in [0.2, 0.25) is 0 Å². The zero-order valence-electron chi connectivity index (χ0n) is 30.8. The normalized spacial score (nSPS) is 26.8. The van der Waals surface area contributed by atoms with E-state index in [0.29, 0.717) is 17.8 Å². The first-order chi connectivity index (χ1) is 24.5. The Balaban J connectivity index is 1.31. The van der Waals surface area contributed by atoms with Crippen molar-refractivity contribution in [2.45, 2.75) is 134 Å². The standard InChI is InChI=1S/C45H59N2O2P/c1-32(2)38-29-28-33(3)30-40(38)49-31-42(48)47-44(35-20-10-5-11-21-35)43(34-18-8-4-9-19-34)46-45(47)39-26-16-17-27-41(39)50(36-22-12-6-13-23-36)37-24-14-7-15-25-37/h4-5,8-11,16-21,26-27,32-33,36-38,40,43-44H,6-7,12-15,22-25,28-31H2,1-3H3/t33-,38+,40-,43-,44-/m1/s1. The van der Waals surface area contributed by atoms with E-state index in [-0.39, 0.29) is 30.7 Å². The average Bonchev–Trinajstić information content (AvgIpc) is 3.56. The van der Waals surface area contributed by atoms with Crippen molar-refractivity contribution >= 4 is 25.0 Å². The summed E-state index contributed by atoms with van der Waals surface area (Å²) in [5, 5.41) is 1.49. The van der Waals surface area contributed by atoms with E-state index < -0.39 is 7.92 Å². The summed E-state index contributed by atoms with van der Waals surface area (Å²) in [4.78, 5) is 22.7. The van der Waals surface area contributed by atoms with E-state index in [0.717, 1.165) is 34.7 Å². The fourth-order valence-electron chi connectivity index (χ4n) is 9.75. The van der Waals surface area contributed by atoms with Crippen molar-refractivity contribution in [1.82, 2.24) is 4.90 Å². The Morgan fingerprint density at radius 3 is 1.96 bits per heavy atom. The summed E-state index contributed by atoms with van der Waals surface area (Å²) in [6.07, 6.45) is 17.1. The van der Waals surface area contributed by atoms with Gasteiger partial charge in [0.2, 0.25) is 0 Å². The quantitative estimate of drug-likeness (QED) is 0.199. The molecule has 4 nitrogen and oxygen atoms in total. The zero-order chi connectivity index (χ0) is 34.5. The van der Waals surface area contributed by atoms with Crippen LogP contribution in [0.25, 0.3) is 0 Å². The van der Waals surface area contributed by atoms with Gasteiger partial charge in [-0.3, -0.25) is 14.7 Å². The van der Waals surface area contributed by atoms with Crippen LogP contribution in [-0.4, -0.2) is 40.7 Å². The van der Waals surface area contributed by atoms with Gasteiger partial charge in [0, 0.05) is 5.56 Å². The molecule has 5 atom stereocenters. The average molecular weight is 691 g/mol. The molecule has 0 bridgehead atoms. The second-order valence-electron chi connectivity index (χ2n) is 16.1. The minimum atomic E-state index is -0.391. The number of carbonyl (C=O) groups excluding carboxylic acids is 1. The van der Waals surface area contributed by atoms with Crippen molar-refractivity contribution in [1.29, 1.82) is 0 Å². The summed E-state index contributed by atoms with van der Waals surface area (Å²) in [5.74, 6) is 2.54. The number of nitrogens with zero attached hydrogens (tertiary/aromatic N) is 2. The van der Waals surface area contributed by atoms with Crippen LogP contribution in [0.4, 0.5) is 0 Å². The number of aliphatic imine (C=N–C) groups is 1. The zero-order valence-corrected chi connectivity index (χ0v) is 31.7. The van der Waals surface area contributed by atoms with Crippen molar-refractivity contribution in [2.24, 2.45) is 22.7 Å². The maximum Gasteiger partial charge on any atom is 0.254 e. The molecule has 3 aliphatic carbocycles. The molecule has 3 aromatic rings. The topological polar surface area (TPSA) is 41.9 Å². The first kappa shape index (κ1) is 35.6. The Labute approximate surface area is 303 Å². The maximum atomic E-state index is 15.0. The van der Waals surface area contributed by atoms with Gasteiger partial charge < -0.3 is 4.74 Å². The molecule has 0 aromatic heterocycles. The van der Waals surface area contributed by atoms with Gasteiger partial charge in [0.05, 0.1) is 12.1 Å². The third-order valence-electron chi connectivity index (χ3n) is 12.4. The van der Waals surface area contributed by atoms with E-state index in [2.05, 4.69) is 111 Å². The van der Waals surface area contributed by atoms with Crippen LogP contribution in [0.15, 0.2) is 89.9 Å². The minimum Gasteiger partial charge on any atom is -0.368 e. The highest BCUT2D eigenvalue weighted by atomic mass is 31.1. The molecular formula is C45H59N2O2P. The molecule has 3 aromatic carbocycles. The lowest BCUT2D eigenvalue weighted by atomic mass is 9.75. The lowest BCUT2D eigenvalue weighted by Crippen LogP contribution is -2.43. The third kappa shape index (κ3) is 7.83. The number of benzene rings is 3. The van der Waals surface area contributed by atoms with Crippen molar-refractivity contribution in [3.8, 4) is 0 Å². The number of hydrogen-bond donors (Lipinski definition) is 0. The fourth-order valence-corrected chi connectivity index (χ4v) is 13.7. The number of carbonyl (C=O) groups is 1. The molecular weight excluding hydrogens is 631 g/mol. The molecule has 1 heterocycles. The largest absolute Gasteiger partial charge is 0.368 e. The van der Waals surface area contributed by atoms with Gasteiger partial charge in [-0.1, -0.05) is 159 Å². The van der Waals surface area contributed by atoms with Gasteiger partial charge >= 0.3 is 0 Å². The SMILES string of the molecule is CC(C)[C@@H]1CC[C@@H](C)C[C@H]1OCC(=O)N1C(c2ccccc2P(C2CCCCC2)C2CCCCC2)=N[C@H](c2ccccc2)[C@H]1c1ccccc1. The van der Waals surface area contributed by atoms with Crippen LogP contribution >= 0.6 is 7.92 Å². The molecule has 3 fully saturated rings. The summed E-state index contributed by atoms with van der Waals surface area (Å²) < 4.78 is 6.74. The lowest BCUT2D eigenvalue weighted by molar-refractivity contribution is -0.139. The van der Waals surface area contributed by atoms with E-state index in [9.17, 15) is 0 Å². The molecule has 0 spiro atoms. The van der Waals surface area contributed by atoms with E-state index in [1.165, 1.54) is 87.9 Å². The summed E-state index contributed by atoms with van der Waals surface area (Å²) >= 11 is 0. The monoisotopic (exact) mass is 690 g/mol. The molecule has 4 aliphatic rings. The molecule has 0 radical (unpaired) electrons. The molecule has 0 N–H and O–H groups in total. The molecule has 5 heteroatoms. The van der Waals surface area contributed by atoms with Gasteiger partial charge in [-0.05, 0) is 84.0 Å². The van der Waals surface area contributed by atoms with Crippen LogP contribution in [0.5, 0.6) is 0 Å².